The van der Waals surface area contributed by atoms with Gasteiger partial charge in [0.1, 0.15) is 11.6 Å². The van der Waals surface area contributed by atoms with Crippen LogP contribution < -0.4 is 10.2 Å². The van der Waals surface area contributed by atoms with Gasteiger partial charge in [-0.15, -0.1) is 0 Å². The first-order chi connectivity index (χ1) is 10.1. The van der Waals surface area contributed by atoms with E-state index in [1.165, 1.54) is 12.1 Å². The Balaban J connectivity index is 2.00. The van der Waals surface area contributed by atoms with Gasteiger partial charge in [-0.1, -0.05) is 12.1 Å². The molecule has 3 nitrogen and oxygen atoms in total. The van der Waals surface area contributed by atoms with E-state index in [1.807, 2.05) is 31.2 Å². The molecule has 2 rings (SSSR count). The van der Waals surface area contributed by atoms with Crippen molar-refractivity contribution in [1.29, 1.82) is 0 Å². The molecule has 0 aliphatic rings. The van der Waals surface area contributed by atoms with E-state index in [4.69, 9.17) is 4.74 Å². The third kappa shape index (κ3) is 4.27. The van der Waals surface area contributed by atoms with Crippen molar-refractivity contribution in [2.24, 2.45) is 5.10 Å². The number of nitrogens with zero attached hydrogens (tertiary/aromatic N) is 1. The molecule has 5 heteroatoms. The molecule has 0 unspecified atom stereocenters. The van der Waals surface area contributed by atoms with Crippen LogP contribution in [0.25, 0.3) is 0 Å². The standard InChI is InChI=1S/C16H16F2N2O/c1-11(9-12-3-6-14(21-2)7-4-12)19-20-16-8-5-13(17)10-15(16)18/h3-8,10,20H,9H2,1-2H3/b19-11-. The third-order valence-electron chi connectivity index (χ3n) is 2.92. The summed E-state index contributed by atoms with van der Waals surface area (Å²) in [5, 5.41) is 4.10. The van der Waals surface area contributed by atoms with E-state index in [0.29, 0.717) is 6.42 Å². The van der Waals surface area contributed by atoms with Gasteiger partial charge in [-0.05, 0) is 36.8 Å². The molecular weight excluding hydrogens is 274 g/mol. The average Bonchev–Trinajstić information content (AvgIpc) is 2.47. The SMILES string of the molecule is COc1ccc(C/C(C)=N\Nc2ccc(F)cc2F)cc1. The second-order valence-corrected chi connectivity index (χ2v) is 4.61. The fraction of sp³-hybridized carbons (Fsp3) is 0.188. The van der Waals surface area contributed by atoms with Crippen molar-refractivity contribution in [3.8, 4) is 5.75 Å². The summed E-state index contributed by atoms with van der Waals surface area (Å²) < 4.78 is 31.3. The van der Waals surface area contributed by atoms with Gasteiger partial charge in [-0.2, -0.15) is 5.10 Å². The third-order valence-corrected chi connectivity index (χ3v) is 2.92. The maximum atomic E-state index is 13.4. The highest BCUT2D eigenvalue weighted by Crippen LogP contribution is 2.15. The van der Waals surface area contributed by atoms with E-state index in [9.17, 15) is 8.78 Å². The van der Waals surface area contributed by atoms with Crippen molar-refractivity contribution in [1.82, 2.24) is 0 Å². The minimum atomic E-state index is -0.670. The summed E-state index contributed by atoms with van der Waals surface area (Å²) >= 11 is 0. The number of hydrazone groups is 1. The molecule has 0 aliphatic carbocycles. The summed E-state index contributed by atoms with van der Waals surface area (Å²) in [6.45, 7) is 1.83. The first-order valence-corrected chi connectivity index (χ1v) is 6.45. The highest BCUT2D eigenvalue weighted by molar-refractivity contribution is 5.84. The topological polar surface area (TPSA) is 33.6 Å². The second kappa shape index (κ2) is 6.83. The molecule has 2 aromatic rings. The molecule has 0 radical (unpaired) electrons. The first kappa shape index (κ1) is 15.0. The van der Waals surface area contributed by atoms with Gasteiger partial charge in [0.2, 0.25) is 0 Å². The Morgan fingerprint density at radius 3 is 2.48 bits per heavy atom. The lowest BCUT2D eigenvalue weighted by Gasteiger charge is -2.06. The lowest BCUT2D eigenvalue weighted by Crippen LogP contribution is -2.03. The predicted molar refractivity (Wildman–Crippen MR) is 79.8 cm³/mol. The average molecular weight is 290 g/mol. The van der Waals surface area contributed by atoms with Crippen molar-refractivity contribution in [2.45, 2.75) is 13.3 Å². The fourth-order valence-electron chi connectivity index (χ4n) is 1.81. The van der Waals surface area contributed by atoms with Crippen molar-refractivity contribution >= 4 is 11.4 Å². The van der Waals surface area contributed by atoms with Crippen LogP contribution >= 0.6 is 0 Å². The van der Waals surface area contributed by atoms with Crippen LogP contribution in [-0.4, -0.2) is 12.8 Å². The zero-order valence-corrected chi connectivity index (χ0v) is 11.9. The molecule has 110 valence electrons. The molecular formula is C16H16F2N2O. The van der Waals surface area contributed by atoms with Gasteiger partial charge in [0.25, 0.3) is 0 Å². The number of hydrogen-bond donors (Lipinski definition) is 1. The molecule has 1 N–H and O–H groups in total. The second-order valence-electron chi connectivity index (χ2n) is 4.61. The maximum absolute atomic E-state index is 13.4. The fourth-order valence-corrected chi connectivity index (χ4v) is 1.81. The molecule has 0 atom stereocenters. The minimum Gasteiger partial charge on any atom is -0.497 e. The molecule has 0 fully saturated rings. The van der Waals surface area contributed by atoms with Gasteiger partial charge in [-0.25, -0.2) is 8.78 Å². The quantitative estimate of drug-likeness (QED) is 0.667. The van der Waals surface area contributed by atoms with Crippen LogP contribution in [0.4, 0.5) is 14.5 Å². The number of ether oxygens (including phenoxy) is 1. The lowest BCUT2D eigenvalue weighted by atomic mass is 10.1. The van der Waals surface area contributed by atoms with Crippen LogP contribution in [0, 0.1) is 11.6 Å². The number of rotatable bonds is 5. The number of benzene rings is 2. The smallest absolute Gasteiger partial charge is 0.151 e. The van der Waals surface area contributed by atoms with Crippen molar-refractivity contribution < 1.29 is 13.5 Å². The van der Waals surface area contributed by atoms with E-state index < -0.39 is 11.6 Å². The van der Waals surface area contributed by atoms with Crippen molar-refractivity contribution in [3.63, 3.8) is 0 Å². The van der Waals surface area contributed by atoms with E-state index >= 15 is 0 Å². The van der Waals surface area contributed by atoms with Crippen LogP contribution in [0.5, 0.6) is 5.75 Å². The Kier molecular flexibility index (Phi) is 4.87. The van der Waals surface area contributed by atoms with E-state index in [1.54, 1.807) is 7.11 Å². The molecule has 21 heavy (non-hydrogen) atoms. The molecule has 0 heterocycles. The van der Waals surface area contributed by atoms with Gasteiger partial charge in [0, 0.05) is 18.2 Å². The van der Waals surface area contributed by atoms with Gasteiger partial charge in [0.15, 0.2) is 5.82 Å². The minimum absolute atomic E-state index is 0.144. The van der Waals surface area contributed by atoms with Crippen LogP contribution in [0.15, 0.2) is 47.6 Å². The summed E-state index contributed by atoms with van der Waals surface area (Å²) in [6, 6.07) is 10.9. The number of nitrogens with one attached hydrogen (secondary N) is 1. The Morgan fingerprint density at radius 1 is 1.14 bits per heavy atom. The number of halogens is 2. The zero-order chi connectivity index (χ0) is 15.2. The molecule has 0 aromatic heterocycles. The van der Waals surface area contributed by atoms with Gasteiger partial charge in [-0.3, -0.25) is 5.43 Å². The predicted octanol–water partition coefficient (Wildman–Crippen LogP) is 4.00. The highest BCUT2D eigenvalue weighted by Gasteiger charge is 2.03. The summed E-state index contributed by atoms with van der Waals surface area (Å²) in [6.07, 6.45) is 0.625. The first-order valence-electron chi connectivity index (χ1n) is 6.45. The number of hydrogen-bond acceptors (Lipinski definition) is 3. The van der Waals surface area contributed by atoms with Crippen molar-refractivity contribution in [2.75, 3.05) is 12.5 Å². The maximum Gasteiger partial charge on any atom is 0.151 e. The molecule has 0 spiro atoms. The summed E-state index contributed by atoms with van der Waals surface area (Å²) in [5.74, 6) is -0.493. The molecule has 2 aromatic carbocycles. The summed E-state index contributed by atoms with van der Waals surface area (Å²) in [5.41, 5.74) is 4.60. The number of anilines is 1. The summed E-state index contributed by atoms with van der Waals surface area (Å²) in [7, 11) is 1.61. The number of methoxy groups -OCH3 is 1. The van der Waals surface area contributed by atoms with Crippen LogP contribution in [0.2, 0.25) is 0 Å². The largest absolute Gasteiger partial charge is 0.497 e. The van der Waals surface area contributed by atoms with E-state index in [0.717, 1.165) is 23.1 Å². The highest BCUT2D eigenvalue weighted by atomic mass is 19.1. The Bertz CT molecular complexity index is 639. The van der Waals surface area contributed by atoms with Crippen molar-refractivity contribution in [3.05, 3.63) is 59.7 Å². The van der Waals surface area contributed by atoms with Crippen LogP contribution in [0.3, 0.4) is 0 Å². The van der Waals surface area contributed by atoms with Gasteiger partial charge >= 0.3 is 0 Å². The molecule has 0 bridgehead atoms. The molecule has 0 amide bonds. The Labute approximate surface area is 122 Å². The van der Waals surface area contributed by atoms with Gasteiger partial charge in [0.05, 0.1) is 12.8 Å². The normalized spacial score (nSPS) is 11.3. The van der Waals surface area contributed by atoms with E-state index in [2.05, 4.69) is 10.5 Å². The molecule has 0 saturated heterocycles. The summed E-state index contributed by atoms with van der Waals surface area (Å²) in [4.78, 5) is 0. The molecule has 0 aliphatic heterocycles. The van der Waals surface area contributed by atoms with Gasteiger partial charge < -0.3 is 4.74 Å². The lowest BCUT2D eigenvalue weighted by molar-refractivity contribution is 0.414. The van der Waals surface area contributed by atoms with Crippen LogP contribution in [-0.2, 0) is 6.42 Å². The monoisotopic (exact) mass is 290 g/mol. The Morgan fingerprint density at radius 2 is 1.86 bits per heavy atom. The van der Waals surface area contributed by atoms with E-state index in [-0.39, 0.29) is 5.69 Å². The van der Waals surface area contributed by atoms with Crippen LogP contribution in [0.1, 0.15) is 12.5 Å². The zero-order valence-electron chi connectivity index (χ0n) is 11.9. The Hall–Kier alpha value is -2.43. The molecule has 0 saturated carbocycles.